The Morgan fingerprint density at radius 1 is 1.42 bits per heavy atom. The molecule has 1 aromatic carbocycles. The maximum atomic E-state index is 5.64. The highest BCUT2D eigenvalue weighted by Gasteiger charge is 2.20. The van der Waals surface area contributed by atoms with E-state index in [-0.39, 0.29) is 0 Å². The summed E-state index contributed by atoms with van der Waals surface area (Å²) in [6.45, 7) is 5.94. The number of hydrogen-bond acceptors (Lipinski definition) is 4. The number of nitrogens with zero attached hydrogens (tertiary/aromatic N) is 2. The van der Waals surface area contributed by atoms with E-state index in [1.165, 1.54) is 21.7 Å². The van der Waals surface area contributed by atoms with Crippen molar-refractivity contribution in [1.82, 2.24) is 9.88 Å². The minimum absolute atomic E-state index is 0.735. The van der Waals surface area contributed by atoms with E-state index in [9.17, 15) is 0 Å². The average molecular weight is 273 g/mol. The van der Waals surface area contributed by atoms with Gasteiger partial charge in [0.15, 0.2) is 0 Å². The number of aromatic nitrogens is 1. The van der Waals surface area contributed by atoms with E-state index in [0.29, 0.717) is 0 Å². The number of thiazole rings is 1. The van der Waals surface area contributed by atoms with Gasteiger partial charge in [0.25, 0.3) is 0 Å². The fourth-order valence-electron chi connectivity index (χ4n) is 2.52. The number of benzene rings is 1. The summed E-state index contributed by atoms with van der Waals surface area (Å²) in [6, 6.07) is 8.59. The lowest BCUT2D eigenvalue weighted by atomic mass is 10.1. The zero-order valence-electron chi connectivity index (χ0n) is 11.2. The number of aryl methyl sites for hydroxylation is 1. The van der Waals surface area contributed by atoms with Crippen LogP contribution in [0.1, 0.15) is 16.1 Å². The zero-order valence-corrected chi connectivity index (χ0v) is 12.0. The molecular weight excluding hydrogens is 254 g/mol. The molecule has 1 aliphatic rings. The van der Waals surface area contributed by atoms with Gasteiger partial charge in [0.2, 0.25) is 0 Å². The standard InChI is InChI=1S/C15H19N3S/c1-11-3-2-4-12(9-11)15-17-13-5-7-18(8-6-16)10-14(13)19-15/h2-4,9H,5-8,10,16H2,1H3. The highest BCUT2D eigenvalue weighted by molar-refractivity contribution is 7.15. The second kappa shape index (κ2) is 5.41. The van der Waals surface area contributed by atoms with Crippen LogP contribution in [0.2, 0.25) is 0 Å². The van der Waals surface area contributed by atoms with Gasteiger partial charge < -0.3 is 5.73 Å². The molecule has 0 spiro atoms. The Morgan fingerprint density at radius 2 is 2.32 bits per heavy atom. The van der Waals surface area contributed by atoms with Crippen LogP contribution in [0.5, 0.6) is 0 Å². The molecule has 4 heteroatoms. The normalized spacial score (nSPS) is 15.5. The maximum absolute atomic E-state index is 5.64. The number of hydrogen-bond donors (Lipinski definition) is 1. The van der Waals surface area contributed by atoms with Gasteiger partial charge in [-0.15, -0.1) is 11.3 Å². The van der Waals surface area contributed by atoms with Gasteiger partial charge in [0.05, 0.1) is 5.69 Å². The summed E-state index contributed by atoms with van der Waals surface area (Å²) in [5.41, 5.74) is 9.45. The summed E-state index contributed by atoms with van der Waals surface area (Å²) in [6.07, 6.45) is 1.05. The van der Waals surface area contributed by atoms with Gasteiger partial charge in [-0.25, -0.2) is 4.98 Å². The van der Waals surface area contributed by atoms with E-state index in [4.69, 9.17) is 10.7 Å². The number of rotatable bonds is 3. The molecule has 0 radical (unpaired) electrons. The van der Waals surface area contributed by atoms with Crippen LogP contribution in [0.4, 0.5) is 0 Å². The summed E-state index contributed by atoms with van der Waals surface area (Å²) in [7, 11) is 0. The van der Waals surface area contributed by atoms with Crippen molar-refractivity contribution in [2.75, 3.05) is 19.6 Å². The van der Waals surface area contributed by atoms with E-state index in [1.807, 2.05) is 11.3 Å². The van der Waals surface area contributed by atoms with Crippen molar-refractivity contribution in [3.05, 3.63) is 40.4 Å². The Balaban J connectivity index is 1.87. The van der Waals surface area contributed by atoms with Crippen molar-refractivity contribution >= 4 is 11.3 Å². The summed E-state index contributed by atoms with van der Waals surface area (Å²) >= 11 is 1.83. The third-order valence-electron chi connectivity index (χ3n) is 3.52. The highest BCUT2D eigenvalue weighted by Crippen LogP contribution is 2.31. The third-order valence-corrected chi connectivity index (χ3v) is 4.65. The van der Waals surface area contributed by atoms with Gasteiger partial charge in [-0.2, -0.15) is 0 Å². The van der Waals surface area contributed by atoms with E-state index in [1.54, 1.807) is 0 Å². The van der Waals surface area contributed by atoms with Crippen LogP contribution in [0.15, 0.2) is 24.3 Å². The van der Waals surface area contributed by atoms with E-state index in [2.05, 4.69) is 36.1 Å². The molecule has 0 amide bonds. The van der Waals surface area contributed by atoms with Crippen LogP contribution < -0.4 is 5.73 Å². The van der Waals surface area contributed by atoms with Crippen LogP contribution in [0, 0.1) is 6.92 Å². The molecule has 100 valence electrons. The summed E-state index contributed by atoms with van der Waals surface area (Å²) in [5.74, 6) is 0. The topological polar surface area (TPSA) is 42.2 Å². The molecule has 0 unspecified atom stereocenters. The molecule has 2 heterocycles. The van der Waals surface area contributed by atoms with Gasteiger partial charge in [0, 0.05) is 43.0 Å². The SMILES string of the molecule is Cc1cccc(-c2nc3c(s2)CN(CCN)CC3)c1. The third kappa shape index (κ3) is 2.71. The minimum atomic E-state index is 0.735. The Hall–Kier alpha value is -1.23. The fourth-order valence-corrected chi connectivity index (χ4v) is 3.67. The Kier molecular flexibility index (Phi) is 3.64. The Morgan fingerprint density at radius 3 is 3.11 bits per heavy atom. The van der Waals surface area contributed by atoms with Crippen molar-refractivity contribution in [1.29, 1.82) is 0 Å². The van der Waals surface area contributed by atoms with Crippen LogP contribution in [-0.2, 0) is 13.0 Å². The monoisotopic (exact) mass is 273 g/mol. The predicted octanol–water partition coefficient (Wildman–Crippen LogP) is 2.44. The second-order valence-electron chi connectivity index (χ2n) is 5.07. The first-order valence-corrected chi connectivity index (χ1v) is 7.56. The molecular formula is C15H19N3S. The van der Waals surface area contributed by atoms with E-state index in [0.717, 1.165) is 37.6 Å². The highest BCUT2D eigenvalue weighted by atomic mass is 32.1. The average Bonchev–Trinajstić information content (AvgIpc) is 2.82. The van der Waals surface area contributed by atoms with Gasteiger partial charge in [-0.05, 0) is 13.0 Å². The van der Waals surface area contributed by atoms with Gasteiger partial charge in [-0.3, -0.25) is 4.90 Å². The van der Waals surface area contributed by atoms with Crippen molar-refractivity contribution < 1.29 is 0 Å². The van der Waals surface area contributed by atoms with Gasteiger partial charge in [0.1, 0.15) is 5.01 Å². The van der Waals surface area contributed by atoms with Crippen molar-refractivity contribution in [2.24, 2.45) is 5.73 Å². The minimum Gasteiger partial charge on any atom is -0.329 e. The largest absolute Gasteiger partial charge is 0.329 e. The molecule has 0 saturated heterocycles. The number of nitrogens with two attached hydrogens (primary N) is 1. The molecule has 0 aliphatic carbocycles. The lowest BCUT2D eigenvalue weighted by Crippen LogP contribution is -2.33. The van der Waals surface area contributed by atoms with Crippen LogP contribution >= 0.6 is 11.3 Å². The summed E-state index contributed by atoms with van der Waals surface area (Å²) in [5, 5.41) is 1.16. The molecule has 0 bridgehead atoms. The van der Waals surface area contributed by atoms with Crippen LogP contribution in [0.25, 0.3) is 10.6 Å². The molecule has 2 aromatic rings. The summed E-state index contributed by atoms with van der Waals surface area (Å²) < 4.78 is 0. The molecule has 3 rings (SSSR count). The molecule has 0 saturated carbocycles. The van der Waals surface area contributed by atoms with Crippen molar-refractivity contribution in [2.45, 2.75) is 19.9 Å². The maximum Gasteiger partial charge on any atom is 0.123 e. The van der Waals surface area contributed by atoms with E-state index >= 15 is 0 Å². The first-order valence-electron chi connectivity index (χ1n) is 6.74. The summed E-state index contributed by atoms with van der Waals surface area (Å²) in [4.78, 5) is 8.65. The van der Waals surface area contributed by atoms with Crippen LogP contribution in [-0.4, -0.2) is 29.5 Å². The number of fused-ring (bicyclic) bond motifs is 1. The molecule has 0 fully saturated rings. The Bertz CT molecular complexity index is 577. The van der Waals surface area contributed by atoms with Gasteiger partial charge in [-0.1, -0.05) is 23.8 Å². The fraction of sp³-hybridized carbons (Fsp3) is 0.400. The first-order chi connectivity index (χ1) is 9.26. The van der Waals surface area contributed by atoms with E-state index < -0.39 is 0 Å². The first kappa shape index (κ1) is 12.8. The lowest BCUT2D eigenvalue weighted by Gasteiger charge is -2.24. The zero-order chi connectivity index (χ0) is 13.2. The van der Waals surface area contributed by atoms with Crippen molar-refractivity contribution in [3.63, 3.8) is 0 Å². The molecule has 0 atom stereocenters. The second-order valence-corrected chi connectivity index (χ2v) is 6.16. The molecule has 3 nitrogen and oxygen atoms in total. The molecule has 2 N–H and O–H groups in total. The predicted molar refractivity (Wildman–Crippen MR) is 80.3 cm³/mol. The molecule has 1 aromatic heterocycles. The quantitative estimate of drug-likeness (QED) is 0.934. The van der Waals surface area contributed by atoms with Crippen LogP contribution in [0.3, 0.4) is 0 Å². The van der Waals surface area contributed by atoms with Crippen molar-refractivity contribution in [3.8, 4) is 10.6 Å². The smallest absolute Gasteiger partial charge is 0.123 e. The molecule has 19 heavy (non-hydrogen) atoms. The van der Waals surface area contributed by atoms with Gasteiger partial charge >= 0.3 is 0 Å². The lowest BCUT2D eigenvalue weighted by molar-refractivity contribution is 0.263. The Labute approximate surface area is 118 Å². The molecule has 1 aliphatic heterocycles.